The van der Waals surface area contributed by atoms with Gasteiger partial charge in [-0.05, 0) is 0 Å². The topological polar surface area (TPSA) is 38.5 Å². The molecule has 2 N–H and O–H groups in total. The van der Waals surface area contributed by atoms with Crippen LogP contribution < -0.4 is 5.73 Å². The number of hydrogen-bond donors (Lipinski definition) is 1. The SMILES string of the molecule is NC=CN1CCOCC1. The van der Waals surface area contributed by atoms with E-state index in [0.29, 0.717) is 0 Å². The summed E-state index contributed by atoms with van der Waals surface area (Å²) in [7, 11) is 0. The van der Waals surface area contributed by atoms with Crippen molar-refractivity contribution in [2.24, 2.45) is 5.73 Å². The molecule has 0 aromatic rings. The zero-order valence-electron chi connectivity index (χ0n) is 5.42. The van der Waals surface area contributed by atoms with Gasteiger partial charge in [-0.3, -0.25) is 0 Å². The fourth-order valence-corrected chi connectivity index (χ4v) is 0.848. The molecule has 1 heterocycles. The Balaban J connectivity index is 2.23. The molecule has 0 saturated carbocycles. The van der Waals surface area contributed by atoms with E-state index < -0.39 is 0 Å². The molecule has 0 bridgehead atoms. The summed E-state index contributed by atoms with van der Waals surface area (Å²) in [5.41, 5.74) is 5.20. The maximum atomic E-state index is 5.20. The van der Waals surface area contributed by atoms with Gasteiger partial charge in [-0.25, -0.2) is 0 Å². The highest BCUT2D eigenvalue weighted by molar-refractivity contribution is 4.78. The lowest BCUT2D eigenvalue weighted by Gasteiger charge is -2.24. The predicted octanol–water partition coefficient (Wildman–Crippen LogP) is -0.252. The highest BCUT2D eigenvalue weighted by Crippen LogP contribution is 1.95. The standard InChI is InChI=1S/C6H12N2O/c7-1-2-8-3-5-9-6-4-8/h1-2H,3-7H2. The van der Waals surface area contributed by atoms with E-state index in [0.717, 1.165) is 26.3 Å². The molecule has 3 nitrogen and oxygen atoms in total. The fourth-order valence-electron chi connectivity index (χ4n) is 0.848. The van der Waals surface area contributed by atoms with Gasteiger partial charge in [0, 0.05) is 25.5 Å². The largest absolute Gasteiger partial charge is 0.403 e. The summed E-state index contributed by atoms with van der Waals surface area (Å²) in [4.78, 5) is 2.14. The maximum Gasteiger partial charge on any atom is 0.0642 e. The van der Waals surface area contributed by atoms with Crippen molar-refractivity contribution in [3.05, 3.63) is 12.4 Å². The van der Waals surface area contributed by atoms with E-state index in [1.807, 2.05) is 6.20 Å². The average molecular weight is 128 g/mol. The molecule has 0 aromatic carbocycles. The minimum absolute atomic E-state index is 0.824. The first kappa shape index (κ1) is 6.42. The number of nitrogens with zero attached hydrogens (tertiary/aromatic N) is 1. The van der Waals surface area contributed by atoms with Crippen LogP contribution in [0.2, 0.25) is 0 Å². The monoisotopic (exact) mass is 128 g/mol. The summed E-state index contributed by atoms with van der Waals surface area (Å²) in [5.74, 6) is 0. The second-order valence-electron chi connectivity index (χ2n) is 1.99. The molecule has 3 heteroatoms. The van der Waals surface area contributed by atoms with E-state index in [1.54, 1.807) is 6.20 Å². The molecule has 1 saturated heterocycles. The van der Waals surface area contributed by atoms with Crippen LogP contribution in [0.25, 0.3) is 0 Å². The van der Waals surface area contributed by atoms with Crippen LogP contribution in [0.15, 0.2) is 12.4 Å². The Morgan fingerprint density at radius 2 is 2.00 bits per heavy atom. The molecular formula is C6H12N2O. The summed E-state index contributed by atoms with van der Waals surface area (Å²) in [5, 5.41) is 0. The zero-order chi connectivity index (χ0) is 6.53. The third kappa shape index (κ3) is 1.93. The minimum atomic E-state index is 0.824. The van der Waals surface area contributed by atoms with Gasteiger partial charge in [-0.2, -0.15) is 0 Å². The summed E-state index contributed by atoms with van der Waals surface area (Å²) in [6.45, 7) is 3.58. The lowest BCUT2D eigenvalue weighted by atomic mass is 10.4. The van der Waals surface area contributed by atoms with Crippen molar-refractivity contribution in [1.82, 2.24) is 4.90 Å². The van der Waals surface area contributed by atoms with Gasteiger partial charge >= 0.3 is 0 Å². The van der Waals surface area contributed by atoms with Gasteiger partial charge < -0.3 is 15.4 Å². The van der Waals surface area contributed by atoms with Gasteiger partial charge in [-0.1, -0.05) is 0 Å². The molecule has 0 spiro atoms. The Kier molecular flexibility index (Phi) is 2.39. The van der Waals surface area contributed by atoms with Gasteiger partial charge in [0.15, 0.2) is 0 Å². The molecule has 9 heavy (non-hydrogen) atoms. The zero-order valence-corrected chi connectivity index (χ0v) is 5.42. The fraction of sp³-hybridized carbons (Fsp3) is 0.667. The van der Waals surface area contributed by atoms with Crippen molar-refractivity contribution in [3.63, 3.8) is 0 Å². The van der Waals surface area contributed by atoms with E-state index in [-0.39, 0.29) is 0 Å². The lowest BCUT2D eigenvalue weighted by molar-refractivity contribution is 0.0593. The van der Waals surface area contributed by atoms with Gasteiger partial charge in [0.25, 0.3) is 0 Å². The summed E-state index contributed by atoms with van der Waals surface area (Å²) < 4.78 is 5.13. The van der Waals surface area contributed by atoms with Gasteiger partial charge in [-0.15, -0.1) is 0 Å². The predicted molar refractivity (Wildman–Crippen MR) is 35.7 cm³/mol. The van der Waals surface area contributed by atoms with Crippen LogP contribution in [-0.4, -0.2) is 31.2 Å². The van der Waals surface area contributed by atoms with Crippen molar-refractivity contribution < 1.29 is 4.74 Å². The maximum absolute atomic E-state index is 5.20. The molecule has 0 aromatic heterocycles. The molecule has 0 amide bonds. The van der Waals surface area contributed by atoms with Gasteiger partial charge in [0.2, 0.25) is 0 Å². The Morgan fingerprint density at radius 1 is 1.33 bits per heavy atom. The van der Waals surface area contributed by atoms with E-state index in [1.165, 1.54) is 0 Å². The highest BCUT2D eigenvalue weighted by Gasteiger charge is 2.03. The van der Waals surface area contributed by atoms with E-state index in [9.17, 15) is 0 Å². The summed E-state index contributed by atoms with van der Waals surface area (Å²) in [6, 6.07) is 0. The number of rotatable bonds is 1. The summed E-state index contributed by atoms with van der Waals surface area (Å²) in [6.07, 6.45) is 3.45. The van der Waals surface area contributed by atoms with Gasteiger partial charge in [0.05, 0.1) is 13.2 Å². The Bertz CT molecular complexity index is 97.2. The van der Waals surface area contributed by atoms with Crippen molar-refractivity contribution >= 4 is 0 Å². The van der Waals surface area contributed by atoms with Crippen LogP contribution in [0, 0.1) is 0 Å². The molecule has 1 rings (SSSR count). The normalized spacial score (nSPS) is 21.1. The molecule has 0 atom stereocenters. The van der Waals surface area contributed by atoms with Crippen molar-refractivity contribution in [2.75, 3.05) is 26.3 Å². The second kappa shape index (κ2) is 3.35. The quantitative estimate of drug-likeness (QED) is 0.529. The van der Waals surface area contributed by atoms with Crippen LogP contribution in [0.5, 0.6) is 0 Å². The van der Waals surface area contributed by atoms with Crippen LogP contribution in [0.1, 0.15) is 0 Å². The smallest absolute Gasteiger partial charge is 0.0642 e. The molecule has 0 aliphatic carbocycles. The number of morpholine rings is 1. The number of hydrogen-bond acceptors (Lipinski definition) is 3. The average Bonchev–Trinajstić information content (AvgIpc) is 1.91. The Hall–Kier alpha value is -0.700. The number of nitrogens with two attached hydrogens (primary N) is 1. The number of ether oxygens (including phenoxy) is 1. The van der Waals surface area contributed by atoms with Crippen LogP contribution in [-0.2, 0) is 4.74 Å². The Labute approximate surface area is 55.1 Å². The summed E-state index contributed by atoms with van der Waals surface area (Å²) >= 11 is 0. The molecule has 52 valence electrons. The molecule has 1 aliphatic heterocycles. The first-order chi connectivity index (χ1) is 4.43. The second-order valence-corrected chi connectivity index (χ2v) is 1.99. The lowest BCUT2D eigenvalue weighted by Crippen LogP contribution is -2.32. The van der Waals surface area contributed by atoms with E-state index in [4.69, 9.17) is 10.5 Å². The Morgan fingerprint density at radius 3 is 2.56 bits per heavy atom. The minimum Gasteiger partial charge on any atom is -0.403 e. The van der Waals surface area contributed by atoms with Crippen molar-refractivity contribution in [1.29, 1.82) is 0 Å². The van der Waals surface area contributed by atoms with Crippen LogP contribution in [0.3, 0.4) is 0 Å². The highest BCUT2D eigenvalue weighted by atomic mass is 16.5. The van der Waals surface area contributed by atoms with Crippen LogP contribution >= 0.6 is 0 Å². The van der Waals surface area contributed by atoms with Crippen LogP contribution in [0.4, 0.5) is 0 Å². The molecule has 1 aliphatic rings. The molecule has 0 radical (unpaired) electrons. The molecular weight excluding hydrogens is 116 g/mol. The van der Waals surface area contributed by atoms with Crippen molar-refractivity contribution in [3.8, 4) is 0 Å². The molecule has 0 unspecified atom stereocenters. The third-order valence-corrected chi connectivity index (χ3v) is 1.34. The first-order valence-electron chi connectivity index (χ1n) is 3.13. The van der Waals surface area contributed by atoms with Gasteiger partial charge in [0.1, 0.15) is 0 Å². The van der Waals surface area contributed by atoms with E-state index >= 15 is 0 Å². The third-order valence-electron chi connectivity index (χ3n) is 1.34. The van der Waals surface area contributed by atoms with Crippen molar-refractivity contribution in [2.45, 2.75) is 0 Å². The van der Waals surface area contributed by atoms with E-state index in [2.05, 4.69) is 4.90 Å². The molecule has 1 fully saturated rings. The first-order valence-corrected chi connectivity index (χ1v) is 3.13.